The number of nitrogens with zero attached hydrogens (tertiary/aromatic N) is 5. The number of aliphatic hydroxyl groups excluding tert-OH is 1. The van der Waals surface area contributed by atoms with Gasteiger partial charge < -0.3 is 20.5 Å². The molecule has 0 saturated carbocycles. The number of morpholine rings is 1. The van der Waals surface area contributed by atoms with Gasteiger partial charge in [-0.15, -0.1) is 0 Å². The Morgan fingerprint density at radius 3 is 2.70 bits per heavy atom. The number of benzene rings is 1. The van der Waals surface area contributed by atoms with Gasteiger partial charge in [0.1, 0.15) is 0 Å². The first-order valence-corrected chi connectivity index (χ1v) is 13.4. The molecule has 1 fully saturated rings. The van der Waals surface area contributed by atoms with E-state index in [0.29, 0.717) is 58.6 Å². The molecule has 0 radical (unpaired) electrons. The number of anilines is 1. The van der Waals surface area contributed by atoms with Crippen LogP contribution in [0.15, 0.2) is 54.9 Å². The topological polar surface area (TPSA) is 134 Å². The van der Waals surface area contributed by atoms with Crippen molar-refractivity contribution in [2.24, 2.45) is 0 Å². The van der Waals surface area contributed by atoms with Gasteiger partial charge in [-0.1, -0.05) is 23.7 Å². The first-order valence-electron chi connectivity index (χ1n) is 13.0. The first kappa shape index (κ1) is 27.7. The van der Waals surface area contributed by atoms with E-state index in [9.17, 15) is 14.7 Å². The fourth-order valence-corrected chi connectivity index (χ4v) is 4.54. The zero-order valence-corrected chi connectivity index (χ0v) is 22.8. The molecule has 12 heteroatoms. The molecule has 0 bridgehead atoms. The Balaban J connectivity index is 1.23. The minimum Gasteiger partial charge on any atom is -0.388 e. The smallest absolute Gasteiger partial charge is 0.253 e. The predicted molar refractivity (Wildman–Crippen MR) is 150 cm³/mol. The first-order chi connectivity index (χ1) is 19.4. The van der Waals surface area contributed by atoms with Crippen molar-refractivity contribution in [1.82, 2.24) is 29.8 Å². The SMILES string of the molecule is Cc1ncc(-c2ccc3nc(NC(=O)CN4CCOCC4)cn3n2)cc1C(=O)NCC[C@H](O)c1ccc(Cl)cc1. The van der Waals surface area contributed by atoms with Crippen LogP contribution in [0.5, 0.6) is 0 Å². The number of ether oxygens (including phenoxy) is 1. The molecule has 2 amide bonds. The van der Waals surface area contributed by atoms with E-state index in [1.54, 1.807) is 66.3 Å². The number of nitrogens with one attached hydrogen (secondary N) is 2. The number of halogens is 1. The molecule has 1 saturated heterocycles. The quantitative estimate of drug-likeness (QED) is 0.283. The summed E-state index contributed by atoms with van der Waals surface area (Å²) in [5, 5.41) is 21.3. The van der Waals surface area contributed by atoms with E-state index in [2.05, 4.69) is 25.7 Å². The highest BCUT2D eigenvalue weighted by Crippen LogP contribution is 2.21. The molecule has 1 aliphatic rings. The molecule has 1 atom stereocenters. The number of hydrogen-bond donors (Lipinski definition) is 3. The Bertz CT molecular complexity index is 1500. The molecule has 0 aliphatic carbocycles. The predicted octanol–water partition coefficient (Wildman–Crippen LogP) is 2.88. The summed E-state index contributed by atoms with van der Waals surface area (Å²) >= 11 is 5.91. The van der Waals surface area contributed by atoms with Crippen LogP contribution in [0.1, 0.15) is 34.1 Å². The van der Waals surface area contributed by atoms with Crippen LogP contribution < -0.4 is 10.6 Å². The minimum absolute atomic E-state index is 0.149. The van der Waals surface area contributed by atoms with Crippen LogP contribution >= 0.6 is 11.6 Å². The average Bonchev–Trinajstić information content (AvgIpc) is 3.35. The van der Waals surface area contributed by atoms with Crippen molar-refractivity contribution in [3.63, 3.8) is 0 Å². The third-order valence-electron chi connectivity index (χ3n) is 6.64. The largest absolute Gasteiger partial charge is 0.388 e. The molecule has 3 N–H and O–H groups in total. The number of imidazole rings is 1. The van der Waals surface area contributed by atoms with Crippen molar-refractivity contribution >= 4 is 34.9 Å². The standard InChI is InChI=1S/C28H30ClN7O4/c1-18-22(28(39)30-9-8-24(37)19-2-4-21(29)5-3-19)14-20(15-31-18)23-6-7-26-32-25(16-36(26)34-23)33-27(38)17-35-10-12-40-13-11-35/h2-7,14-16,24,37H,8-13,17H2,1H3,(H,30,39)(H,33,38)/t24-/m0/s1. The number of amides is 2. The van der Waals surface area contributed by atoms with E-state index in [1.165, 1.54) is 0 Å². The molecule has 4 heterocycles. The van der Waals surface area contributed by atoms with E-state index >= 15 is 0 Å². The van der Waals surface area contributed by atoms with Gasteiger partial charge in [0.2, 0.25) is 5.91 Å². The van der Waals surface area contributed by atoms with Crippen molar-refractivity contribution in [3.8, 4) is 11.3 Å². The summed E-state index contributed by atoms with van der Waals surface area (Å²) in [6.07, 6.45) is 2.94. The molecular formula is C28H30ClN7O4. The molecule has 4 aromatic rings. The van der Waals surface area contributed by atoms with Crippen molar-refractivity contribution in [2.75, 3.05) is 44.7 Å². The van der Waals surface area contributed by atoms with Crippen molar-refractivity contribution in [2.45, 2.75) is 19.4 Å². The molecule has 5 rings (SSSR count). The lowest BCUT2D eigenvalue weighted by Gasteiger charge is -2.25. The maximum absolute atomic E-state index is 12.9. The van der Waals surface area contributed by atoms with Crippen molar-refractivity contribution in [1.29, 1.82) is 0 Å². The molecule has 3 aromatic heterocycles. The van der Waals surface area contributed by atoms with Crippen LogP contribution in [0.3, 0.4) is 0 Å². The summed E-state index contributed by atoms with van der Waals surface area (Å²) in [6.45, 7) is 5.01. The van der Waals surface area contributed by atoms with Gasteiger partial charge in [0.25, 0.3) is 5.91 Å². The summed E-state index contributed by atoms with van der Waals surface area (Å²) in [7, 11) is 0. The second-order valence-electron chi connectivity index (χ2n) is 9.55. The molecule has 0 unspecified atom stereocenters. The normalized spacial score (nSPS) is 14.7. The van der Waals surface area contributed by atoms with Crippen LogP contribution in [0.2, 0.25) is 5.02 Å². The maximum Gasteiger partial charge on any atom is 0.253 e. The van der Waals surface area contributed by atoms with Gasteiger partial charge in [0.15, 0.2) is 11.5 Å². The maximum atomic E-state index is 12.9. The summed E-state index contributed by atoms with van der Waals surface area (Å²) < 4.78 is 6.90. The van der Waals surface area contributed by atoms with Crippen LogP contribution in [-0.4, -0.2) is 80.8 Å². The minimum atomic E-state index is -0.719. The average molecular weight is 564 g/mol. The van der Waals surface area contributed by atoms with E-state index in [-0.39, 0.29) is 24.9 Å². The molecule has 1 aliphatic heterocycles. The van der Waals surface area contributed by atoms with Gasteiger partial charge in [-0.25, -0.2) is 9.50 Å². The lowest BCUT2D eigenvalue weighted by atomic mass is 10.1. The van der Waals surface area contributed by atoms with E-state index in [4.69, 9.17) is 16.3 Å². The van der Waals surface area contributed by atoms with E-state index in [0.717, 1.165) is 18.7 Å². The second-order valence-corrected chi connectivity index (χ2v) is 9.99. The number of carbonyl (C=O) groups is 2. The Hall–Kier alpha value is -3.90. The zero-order chi connectivity index (χ0) is 28.1. The third-order valence-corrected chi connectivity index (χ3v) is 6.90. The summed E-state index contributed by atoms with van der Waals surface area (Å²) in [5.41, 5.74) is 3.55. The molecule has 1 aromatic carbocycles. The molecular weight excluding hydrogens is 534 g/mol. The number of aliphatic hydroxyl groups is 1. The summed E-state index contributed by atoms with van der Waals surface area (Å²) in [6, 6.07) is 12.3. The lowest BCUT2D eigenvalue weighted by molar-refractivity contribution is -0.118. The fraction of sp³-hybridized carbons (Fsp3) is 0.321. The van der Waals surface area contributed by atoms with Gasteiger partial charge in [-0.2, -0.15) is 5.10 Å². The Labute approximate surface area is 236 Å². The van der Waals surface area contributed by atoms with Gasteiger partial charge in [-0.3, -0.25) is 19.5 Å². The number of aromatic nitrogens is 4. The highest BCUT2D eigenvalue weighted by Gasteiger charge is 2.17. The van der Waals surface area contributed by atoms with Crippen LogP contribution in [0, 0.1) is 6.92 Å². The zero-order valence-electron chi connectivity index (χ0n) is 22.0. The van der Waals surface area contributed by atoms with Crippen molar-refractivity contribution < 1.29 is 19.4 Å². The van der Waals surface area contributed by atoms with Gasteiger partial charge in [0.05, 0.1) is 49.0 Å². The Kier molecular flexibility index (Phi) is 8.66. The number of hydrogen-bond acceptors (Lipinski definition) is 8. The summed E-state index contributed by atoms with van der Waals surface area (Å²) in [5.74, 6) is -0.0282. The highest BCUT2D eigenvalue weighted by molar-refractivity contribution is 6.30. The van der Waals surface area contributed by atoms with E-state index in [1.807, 2.05) is 4.90 Å². The third kappa shape index (κ3) is 6.80. The number of fused-ring (bicyclic) bond motifs is 1. The fourth-order valence-electron chi connectivity index (χ4n) is 4.41. The van der Waals surface area contributed by atoms with Crippen LogP contribution in [0.25, 0.3) is 16.9 Å². The lowest BCUT2D eigenvalue weighted by Crippen LogP contribution is -2.41. The summed E-state index contributed by atoms with van der Waals surface area (Å²) in [4.78, 5) is 36.2. The number of rotatable bonds is 9. The van der Waals surface area contributed by atoms with Gasteiger partial charge in [-0.05, 0) is 49.2 Å². The number of carbonyl (C=O) groups excluding carboxylic acids is 2. The molecule has 0 spiro atoms. The van der Waals surface area contributed by atoms with E-state index < -0.39 is 6.10 Å². The van der Waals surface area contributed by atoms with Gasteiger partial charge >= 0.3 is 0 Å². The Morgan fingerprint density at radius 2 is 1.93 bits per heavy atom. The number of pyridine rings is 1. The van der Waals surface area contributed by atoms with Crippen LogP contribution in [0.4, 0.5) is 5.82 Å². The van der Waals surface area contributed by atoms with Crippen molar-refractivity contribution in [3.05, 3.63) is 76.7 Å². The molecule has 11 nitrogen and oxygen atoms in total. The second kappa shape index (κ2) is 12.5. The molecule has 208 valence electrons. The number of aryl methyl sites for hydroxylation is 1. The molecule has 40 heavy (non-hydrogen) atoms. The highest BCUT2D eigenvalue weighted by atomic mass is 35.5. The van der Waals surface area contributed by atoms with Gasteiger partial charge in [0, 0.05) is 36.4 Å². The monoisotopic (exact) mass is 563 g/mol. The van der Waals surface area contributed by atoms with Crippen LogP contribution in [-0.2, 0) is 9.53 Å². The Morgan fingerprint density at radius 1 is 1.15 bits per heavy atom.